The predicted octanol–water partition coefficient (Wildman–Crippen LogP) is 0.771. The minimum Gasteiger partial charge on any atom is -0.481 e. The van der Waals surface area contributed by atoms with Crippen LogP contribution in [0.4, 0.5) is 5.95 Å². The van der Waals surface area contributed by atoms with E-state index < -0.39 is 37.8 Å². The molecule has 17 heteroatoms. The van der Waals surface area contributed by atoms with Gasteiger partial charge in [-0.15, -0.1) is 10.2 Å². The maximum absolute atomic E-state index is 13.4. The van der Waals surface area contributed by atoms with Crippen LogP contribution >= 0.6 is 11.6 Å². The highest BCUT2D eigenvalue weighted by Gasteiger charge is 2.64. The first-order valence-corrected chi connectivity index (χ1v) is 12.4. The number of halogens is 1. The summed E-state index contributed by atoms with van der Waals surface area (Å²) >= 11 is 5.84. The van der Waals surface area contributed by atoms with Crippen LogP contribution in [0.15, 0.2) is 30.6 Å². The molecule has 3 aromatic rings. The molecule has 0 aromatic carbocycles. The van der Waals surface area contributed by atoms with Crippen molar-refractivity contribution in [1.29, 1.82) is 0 Å². The average Bonchev–Trinajstić information content (AvgIpc) is 3.08. The second-order valence-electron chi connectivity index (χ2n) is 8.32. The number of nitrogens with zero attached hydrogens (tertiary/aromatic N) is 6. The summed E-state index contributed by atoms with van der Waals surface area (Å²) in [6.07, 6.45) is 1.64. The number of pyridine rings is 1. The van der Waals surface area contributed by atoms with Gasteiger partial charge in [0, 0.05) is 31.6 Å². The van der Waals surface area contributed by atoms with Gasteiger partial charge in [0.1, 0.15) is 17.0 Å². The van der Waals surface area contributed by atoms with Crippen LogP contribution in [0, 0.1) is 0 Å². The fourth-order valence-corrected chi connectivity index (χ4v) is 5.00. The first-order chi connectivity index (χ1) is 16.8. The van der Waals surface area contributed by atoms with Crippen molar-refractivity contribution in [2.75, 3.05) is 18.9 Å². The number of sulfonamides is 1. The van der Waals surface area contributed by atoms with Crippen molar-refractivity contribution >= 4 is 59.0 Å². The number of hydrogen-bond donors (Lipinski definition) is 1. The molecule has 0 unspecified atom stereocenters. The van der Waals surface area contributed by atoms with Gasteiger partial charge >= 0.3 is 0 Å². The first kappa shape index (κ1) is 26.5. The molecule has 8 radical (unpaired) electrons. The predicted molar refractivity (Wildman–Crippen MR) is 136 cm³/mol. The minimum absolute atomic E-state index is 0.117. The number of anilines is 1. The third kappa shape index (κ3) is 4.50. The van der Waals surface area contributed by atoms with E-state index in [-0.39, 0.29) is 28.5 Å². The highest BCUT2D eigenvalue weighted by atomic mass is 35.5. The van der Waals surface area contributed by atoms with Crippen molar-refractivity contribution in [3.63, 3.8) is 0 Å². The fraction of sp³-hybridized carbons (Fsp3) is 0.421. The van der Waals surface area contributed by atoms with Crippen molar-refractivity contribution < 1.29 is 17.9 Å². The number of rotatable bonds is 9. The molecule has 1 aliphatic rings. The quantitative estimate of drug-likeness (QED) is 0.407. The lowest BCUT2D eigenvalue weighted by Gasteiger charge is -2.22. The first-order valence-electron chi connectivity index (χ1n) is 10.5. The summed E-state index contributed by atoms with van der Waals surface area (Å²) in [5.41, 5.74) is 0.295. The van der Waals surface area contributed by atoms with Gasteiger partial charge in [0.2, 0.25) is 21.9 Å². The van der Waals surface area contributed by atoms with E-state index in [1.54, 1.807) is 18.2 Å². The molecular formula is C19H18B4ClN7O4S. The van der Waals surface area contributed by atoms with Gasteiger partial charge in [-0.3, -0.25) is 9.29 Å². The Kier molecular flexibility index (Phi) is 6.90. The van der Waals surface area contributed by atoms with E-state index in [1.165, 1.54) is 38.1 Å². The van der Waals surface area contributed by atoms with Crippen LogP contribution in [-0.2, 0) is 14.8 Å². The Morgan fingerprint density at radius 3 is 2.31 bits per heavy atom. The van der Waals surface area contributed by atoms with Gasteiger partial charge in [0.05, 0.1) is 43.5 Å². The summed E-state index contributed by atoms with van der Waals surface area (Å²) in [4.78, 5) is 12.5. The number of methoxy groups -OCH3 is 2. The molecule has 1 saturated carbocycles. The van der Waals surface area contributed by atoms with Crippen molar-refractivity contribution in [3.8, 4) is 17.4 Å². The summed E-state index contributed by atoms with van der Waals surface area (Å²) in [5.74, 6) is 0.302. The van der Waals surface area contributed by atoms with E-state index in [2.05, 4.69) is 29.9 Å². The van der Waals surface area contributed by atoms with Crippen LogP contribution in [0.1, 0.15) is 24.9 Å². The zero-order chi connectivity index (χ0) is 26.5. The normalized spacial score (nSPS) is 18.3. The van der Waals surface area contributed by atoms with E-state index in [9.17, 15) is 8.42 Å². The van der Waals surface area contributed by atoms with E-state index in [1.807, 2.05) is 0 Å². The summed E-state index contributed by atoms with van der Waals surface area (Å²) in [6, 6.07) is 3.94. The molecule has 178 valence electrons. The second-order valence-corrected chi connectivity index (χ2v) is 10.8. The van der Waals surface area contributed by atoms with Crippen LogP contribution in [0.2, 0.25) is 15.5 Å². The molecule has 2 atom stereocenters. The van der Waals surface area contributed by atoms with Gasteiger partial charge < -0.3 is 9.47 Å². The molecule has 0 aliphatic heterocycles. The topological polar surface area (TPSA) is 134 Å². The SMILES string of the molecule is [B]C1([B])C(n2c(NS(=O)(=O)[C@@H](C)[C@H](OC)c3ncc(Cl)cn3)nnc2-c2cccc(OC)n2)C1([B])[B]. The smallest absolute Gasteiger partial charge is 0.240 e. The molecule has 1 fully saturated rings. The van der Waals surface area contributed by atoms with E-state index in [0.717, 1.165) is 0 Å². The Morgan fingerprint density at radius 1 is 1.11 bits per heavy atom. The lowest BCUT2D eigenvalue weighted by molar-refractivity contribution is 0.0950. The van der Waals surface area contributed by atoms with Crippen LogP contribution in [-0.4, -0.2) is 89.0 Å². The third-order valence-electron chi connectivity index (χ3n) is 5.99. The van der Waals surface area contributed by atoms with Crippen LogP contribution in [0.3, 0.4) is 0 Å². The Balaban J connectivity index is 1.74. The molecule has 36 heavy (non-hydrogen) atoms. The van der Waals surface area contributed by atoms with E-state index in [4.69, 9.17) is 52.5 Å². The Bertz CT molecular complexity index is 1360. The lowest BCUT2D eigenvalue weighted by atomic mass is 9.49. The highest BCUT2D eigenvalue weighted by molar-refractivity contribution is 7.93. The molecule has 4 rings (SSSR count). The minimum atomic E-state index is -4.19. The molecule has 3 aromatic heterocycles. The van der Waals surface area contributed by atoms with Gasteiger partial charge in [-0.2, -0.15) is 0 Å². The summed E-state index contributed by atoms with van der Waals surface area (Å²) in [5, 5.41) is 4.02. The molecule has 0 amide bonds. The van der Waals surface area contributed by atoms with Crippen molar-refractivity contribution in [2.45, 2.75) is 34.7 Å². The maximum atomic E-state index is 13.4. The van der Waals surface area contributed by atoms with Gasteiger partial charge in [0.25, 0.3) is 0 Å². The van der Waals surface area contributed by atoms with Crippen molar-refractivity contribution in [3.05, 3.63) is 41.4 Å². The molecule has 1 aliphatic carbocycles. The highest BCUT2D eigenvalue weighted by Crippen LogP contribution is 2.77. The molecule has 0 bridgehead atoms. The molecule has 0 spiro atoms. The zero-order valence-corrected chi connectivity index (χ0v) is 21.1. The zero-order valence-electron chi connectivity index (χ0n) is 19.5. The largest absolute Gasteiger partial charge is 0.481 e. The number of ether oxygens (including phenoxy) is 2. The maximum Gasteiger partial charge on any atom is 0.240 e. The van der Waals surface area contributed by atoms with Crippen molar-refractivity contribution in [1.82, 2.24) is 29.7 Å². The van der Waals surface area contributed by atoms with Crippen LogP contribution in [0.5, 0.6) is 5.88 Å². The van der Waals surface area contributed by atoms with Gasteiger partial charge in [-0.1, -0.05) is 28.1 Å². The van der Waals surface area contributed by atoms with Crippen LogP contribution in [0.25, 0.3) is 11.5 Å². The average molecular weight is 519 g/mol. The number of hydrogen-bond acceptors (Lipinski definition) is 9. The molecule has 1 N–H and O–H groups in total. The lowest BCUT2D eigenvalue weighted by Crippen LogP contribution is -2.33. The molecular weight excluding hydrogens is 501 g/mol. The molecule has 11 nitrogen and oxygen atoms in total. The van der Waals surface area contributed by atoms with Crippen molar-refractivity contribution in [2.24, 2.45) is 0 Å². The van der Waals surface area contributed by atoms with Crippen LogP contribution < -0.4 is 9.46 Å². The Labute approximate surface area is 218 Å². The Morgan fingerprint density at radius 2 is 1.75 bits per heavy atom. The van der Waals surface area contributed by atoms with Gasteiger partial charge in [-0.05, 0) is 13.0 Å². The Hall–Kier alpha value is -2.57. The van der Waals surface area contributed by atoms with E-state index >= 15 is 0 Å². The second kappa shape index (κ2) is 9.38. The van der Waals surface area contributed by atoms with Gasteiger partial charge in [0.15, 0.2) is 11.6 Å². The third-order valence-corrected chi connectivity index (χ3v) is 7.87. The fourth-order valence-electron chi connectivity index (χ4n) is 3.77. The number of aromatic nitrogens is 6. The number of nitrogens with one attached hydrogen (secondary N) is 1. The van der Waals surface area contributed by atoms with Gasteiger partial charge in [-0.25, -0.2) is 23.4 Å². The van der Waals surface area contributed by atoms with E-state index in [0.29, 0.717) is 5.69 Å². The summed E-state index contributed by atoms with van der Waals surface area (Å²) in [7, 11) is 23.1. The standard InChI is InChI=1S/C19H18B4ClN7O4S/c1-9(13(35-3)14-25-7-10(24)8-26-14)36(32,33)30-17-29-28-15(11-5-4-6-12(27-11)34-2)31(17)16-18(20,21)19(16,22)23/h4-9,13,16H,1-3H3,(H,29,30)/t9-,13-/m0/s1. The molecule has 0 saturated heterocycles. The summed E-state index contributed by atoms with van der Waals surface area (Å²) < 4.78 is 41.1. The molecule has 3 heterocycles. The monoisotopic (exact) mass is 519 g/mol. The summed E-state index contributed by atoms with van der Waals surface area (Å²) in [6.45, 7) is 1.42.